The van der Waals surface area contributed by atoms with Crippen molar-refractivity contribution in [2.45, 2.75) is 31.1 Å². The molecule has 3 heteroatoms. The highest BCUT2D eigenvalue weighted by Crippen LogP contribution is 2.22. The summed E-state index contributed by atoms with van der Waals surface area (Å²) in [6.45, 7) is 4.34. The van der Waals surface area contributed by atoms with Crippen molar-refractivity contribution < 1.29 is 0 Å². The van der Waals surface area contributed by atoms with Gasteiger partial charge in [-0.3, -0.25) is 0 Å². The van der Waals surface area contributed by atoms with E-state index in [1.165, 1.54) is 10.8 Å². The molecule has 1 aromatic heterocycles. The van der Waals surface area contributed by atoms with Crippen LogP contribution in [0.5, 0.6) is 0 Å². The fraction of sp³-hybridized carbons (Fsp3) is 0.357. The first-order valence-corrected chi connectivity index (χ1v) is 6.82. The second kappa shape index (κ2) is 5.50. The van der Waals surface area contributed by atoms with Crippen molar-refractivity contribution in [2.24, 2.45) is 0 Å². The van der Waals surface area contributed by atoms with Crippen LogP contribution in [-0.2, 0) is 0 Å². The molecule has 0 amide bonds. The summed E-state index contributed by atoms with van der Waals surface area (Å²) >= 11 is 3.58. The van der Waals surface area contributed by atoms with Crippen molar-refractivity contribution in [1.82, 2.24) is 4.98 Å². The maximum Gasteiger partial charge on any atom is 0.134 e. The minimum Gasteiger partial charge on any atom is -0.367 e. The number of anilines is 1. The van der Waals surface area contributed by atoms with Crippen LogP contribution in [0, 0.1) is 0 Å². The smallest absolute Gasteiger partial charge is 0.134 e. The third-order valence-electron chi connectivity index (χ3n) is 2.74. The van der Waals surface area contributed by atoms with Crippen molar-refractivity contribution >= 4 is 32.5 Å². The van der Waals surface area contributed by atoms with Gasteiger partial charge in [0, 0.05) is 22.5 Å². The number of halogens is 1. The minimum absolute atomic E-state index is 0.405. The number of nitrogens with zero attached hydrogens (tertiary/aromatic N) is 1. The van der Waals surface area contributed by atoms with Gasteiger partial charge in [-0.15, -0.1) is 0 Å². The van der Waals surface area contributed by atoms with E-state index in [-0.39, 0.29) is 0 Å². The Kier molecular flexibility index (Phi) is 4.00. The summed E-state index contributed by atoms with van der Waals surface area (Å²) in [6.07, 6.45) is 2.93. The topological polar surface area (TPSA) is 24.9 Å². The summed E-state index contributed by atoms with van der Waals surface area (Å²) in [5, 5.41) is 5.89. The maximum absolute atomic E-state index is 4.43. The molecular weight excluding hydrogens is 276 g/mol. The molecule has 1 heterocycles. The fourth-order valence-corrected chi connectivity index (χ4v) is 2.57. The molecule has 0 aliphatic carbocycles. The number of fused-ring (bicyclic) bond motifs is 1. The number of hydrogen-bond acceptors (Lipinski definition) is 2. The molecule has 2 aromatic rings. The summed E-state index contributed by atoms with van der Waals surface area (Å²) < 4.78 is 0. The summed E-state index contributed by atoms with van der Waals surface area (Å²) in [6, 6.07) is 10.8. The van der Waals surface area contributed by atoms with Crippen molar-refractivity contribution in [2.75, 3.05) is 5.32 Å². The fourth-order valence-electron chi connectivity index (χ4n) is 2.01. The number of alkyl halides is 1. The third kappa shape index (κ3) is 3.19. The molecule has 0 aliphatic heterocycles. The highest BCUT2D eigenvalue weighted by atomic mass is 79.9. The van der Waals surface area contributed by atoms with E-state index in [0.717, 1.165) is 12.2 Å². The summed E-state index contributed by atoms with van der Waals surface area (Å²) in [7, 11) is 0. The third-order valence-corrected chi connectivity index (χ3v) is 3.11. The van der Waals surface area contributed by atoms with E-state index in [1.54, 1.807) is 0 Å². The molecule has 1 aromatic carbocycles. The molecule has 0 spiro atoms. The van der Waals surface area contributed by atoms with Crippen LogP contribution < -0.4 is 5.32 Å². The van der Waals surface area contributed by atoms with Crippen LogP contribution in [0.3, 0.4) is 0 Å². The van der Waals surface area contributed by atoms with Gasteiger partial charge in [0.1, 0.15) is 5.82 Å². The quantitative estimate of drug-likeness (QED) is 0.854. The van der Waals surface area contributed by atoms with Gasteiger partial charge in [-0.05, 0) is 24.8 Å². The highest BCUT2D eigenvalue weighted by molar-refractivity contribution is 9.09. The van der Waals surface area contributed by atoms with E-state index in [1.807, 2.05) is 18.3 Å². The Morgan fingerprint density at radius 2 is 2.00 bits per heavy atom. The molecule has 17 heavy (non-hydrogen) atoms. The number of benzene rings is 1. The average molecular weight is 293 g/mol. The zero-order valence-electron chi connectivity index (χ0n) is 10.2. The van der Waals surface area contributed by atoms with Gasteiger partial charge in [-0.25, -0.2) is 4.98 Å². The van der Waals surface area contributed by atoms with Gasteiger partial charge in [0.05, 0.1) is 0 Å². The van der Waals surface area contributed by atoms with E-state index >= 15 is 0 Å². The Bertz CT molecular complexity index is 491. The van der Waals surface area contributed by atoms with Gasteiger partial charge >= 0.3 is 0 Å². The van der Waals surface area contributed by atoms with Crippen LogP contribution >= 0.6 is 15.9 Å². The standard InChI is InChI=1S/C14H17BrN2/c1-10(15)9-11(2)17-14-13-6-4-3-5-12(13)7-8-16-14/h3-8,10-11H,9H2,1-2H3,(H,16,17). The Balaban J connectivity index is 2.24. The predicted octanol–water partition coefficient (Wildman–Crippen LogP) is 4.21. The molecule has 0 saturated heterocycles. The van der Waals surface area contributed by atoms with Gasteiger partial charge < -0.3 is 5.32 Å². The van der Waals surface area contributed by atoms with E-state index in [2.05, 4.69) is 58.3 Å². The minimum atomic E-state index is 0.405. The molecule has 0 aliphatic rings. The van der Waals surface area contributed by atoms with Gasteiger partial charge in [-0.1, -0.05) is 47.1 Å². The van der Waals surface area contributed by atoms with Crippen LogP contribution in [0.1, 0.15) is 20.3 Å². The van der Waals surface area contributed by atoms with E-state index in [9.17, 15) is 0 Å². The largest absolute Gasteiger partial charge is 0.367 e. The monoisotopic (exact) mass is 292 g/mol. The predicted molar refractivity (Wildman–Crippen MR) is 77.8 cm³/mol. The summed E-state index contributed by atoms with van der Waals surface area (Å²) in [5.41, 5.74) is 0. The van der Waals surface area contributed by atoms with Crippen LogP contribution in [0.4, 0.5) is 5.82 Å². The Labute approximate surface area is 111 Å². The van der Waals surface area contributed by atoms with Gasteiger partial charge in [0.25, 0.3) is 0 Å². The number of rotatable bonds is 4. The van der Waals surface area contributed by atoms with Gasteiger partial charge in [-0.2, -0.15) is 0 Å². The molecule has 2 unspecified atom stereocenters. The number of pyridine rings is 1. The van der Waals surface area contributed by atoms with Gasteiger partial charge in [0.2, 0.25) is 0 Å². The molecule has 0 saturated carbocycles. The first-order valence-electron chi connectivity index (χ1n) is 5.91. The number of aromatic nitrogens is 1. The lowest BCUT2D eigenvalue weighted by Gasteiger charge is -2.17. The summed E-state index contributed by atoms with van der Waals surface area (Å²) in [5.74, 6) is 0.976. The Morgan fingerprint density at radius 3 is 2.76 bits per heavy atom. The zero-order chi connectivity index (χ0) is 12.3. The first-order chi connectivity index (χ1) is 8.16. The van der Waals surface area contributed by atoms with Crippen LogP contribution in [0.15, 0.2) is 36.5 Å². The Morgan fingerprint density at radius 1 is 1.24 bits per heavy atom. The van der Waals surface area contributed by atoms with Crippen LogP contribution in [0.25, 0.3) is 10.8 Å². The molecule has 2 nitrogen and oxygen atoms in total. The SMILES string of the molecule is CC(Br)CC(C)Nc1nccc2ccccc12. The second-order valence-corrected chi connectivity index (χ2v) is 6.01. The van der Waals surface area contributed by atoms with Crippen LogP contribution in [-0.4, -0.2) is 15.9 Å². The average Bonchev–Trinajstić information content (AvgIpc) is 2.28. The molecule has 0 bridgehead atoms. The Hall–Kier alpha value is -1.09. The lowest BCUT2D eigenvalue weighted by atomic mass is 10.1. The summed E-state index contributed by atoms with van der Waals surface area (Å²) in [4.78, 5) is 4.94. The van der Waals surface area contributed by atoms with E-state index in [0.29, 0.717) is 10.9 Å². The van der Waals surface area contributed by atoms with Crippen molar-refractivity contribution in [3.05, 3.63) is 36.5 Å². The van der Waals surface area contributed by atoms with Crippen molar-refractivity contribution in [3.63, 3.8) is 0 Å². The van der Waals surface area contributed by atoms with E-state index < -0.39 is 0 Å². The molecular formula is C14H17BrN2. The maximum atomic E-state index is 4.43. The molecule has 90 valence electrons. The first kappa shape index (κ1) is 12.4. The molecule has 0 fully saturated rings. The molecule has 1 N–H and O–H groups in total. The van der Waals surface area contributed by atoms with Crippen LogP contribution in [0.2, 0.25) is 0 Å². The van der Waals surface area contributed by atoms with Gasteiger partial charge in [0.15, 0.2) is 0 Å². The number of nitrogens with one attached hydrogen (secondary N) is 1. The zero-order valence-corrected chi connectivity index (χ0v) is 11.7. The lowest BCUT2D eigenvalue weighted by molar-refractivity contribution is 0.706. The normalized spacial score (nSPS) is 14.5. The van der Waals surface area contributed by atoms with Crippen molar-refractivity contribution in [1.29, 1.82) is 0 Å². The molecule has 2 atom stereocenters. The van der Waals surface area contributed by atoms with Crippen molar-refractivity contribution in [3.8, 4) is 0 Å². The second-order valence-electron chi connectivity index (χ2n) is 4.44. The molecule has 0 radical (unpaired) electrons. The lowest BCUT2D eigenvalue weighted by Crippen LogP contribution is -2.19. The molecule has 2 rings (SSSR count). The number of hydrogen-bond donors (Lipinski definition) is 1. The highest BCUT2D eigenvalue weighted by Gasteiger charge is 2.08. The van der Waals surface area contributed by atoms with E-state index in [4.69, 9.17) is 0 Å².